The lowest BCUT2D eigenvalue weighted by atomic mass is 9.94. The van der Waals surface area contributed by atoms with E-state index in [4.69, 9.17) is 11.6 Å². The van der Waals surface area contributed by atoms with E-state index < -0.39 is 15.9 Å². The number of benzene rings is 1. The Kier molecular flexibility index (Phi) is 5.83. The van der Waals surface area contributed by atoms with Gasteiger partial charge in [0, 0.05) is 31.2 Å². The Morgan fingerprint density at radius 1 is 1.15 bits per heavy atom. The number of pyridine rings is 1. The minimum Gasteiger partial charge on any atom is -0.322 e. The summed E-state index contributed by atoms with van der Waals surface area (Å²) in [5.41, 5.74) is 0.672. The van der Waals surface area contributed by atoms with Crippen LogP contribution in [0, 0.1) is 11.8 Å². The van der Waals surface area contributed by atoms with Gasteiger partial charge in [-0.15, -0.1) is 0 Å². The number of carbonyl (C=O) groups excluding carboxylic acids is 1. The Balaban J connectivity index is 1.89. The molecule has 1 N–H and O–H groups in total. The third-order valence-electron chi connectivity index (χ3n) is 4.59. The number of piperidine rings is 1. The van der Waals surface area contributed by atoms with E-state index in [0.29, 0.717) is 30.6 Å². The second kappa shape index (κ2) is 7.96. The maximum Gasteiger partial charge on any atom is 0.257 e. The Bertz CT molecular complexity index is 924. The lowest BCUT2D eigenvalue weighted by molar-refractivity contribution is 0.102. The number of rotatable bonds is 4. The number of nitrogens with zero attached hydrogens (tertiary/aromatic N) is 2. The number of amides is 1. The van der Waals surface area contributed by atoms with Gasteiger partial charge in [0.05, 0.1) is 15.5 Å². The van der Waals surface area contributed by atoms with Crippen LogP contribution in [0.2, 0.25) is 5.02 Å². The summed E-state index contributed by atoms with van der Waals surface area (Å²) in [6.45, 7) is 5.06. The highest BCUT2D eigenvalue weighted by Gasteiger charge is 2.32. The number of hydrogen-bond donors (Lipinski definition) is 1. The molecule has 1 aromatic carbocycles. The number of carbonyl (C=O) groups is 1. The van der Waals surface area contributed by atoms with Crippen LogP contribution < -0.4 is 5.32 Å². The molecule has 0 radical (unpaired) electrons. The zero-order chi connectivity index (χ0) is 19.6. The first-order valence-corrected chi connectivity index (χ1v) is 10.6. The minimum atomic E-state index is -3.69. The molecule has 0 spiro atoms. The van der Waals surface area contributed by atoms with Crippen LogP contribution in [0.15, 0.2) is 47.6 Å². The third kappa shape index (κ3) is 4.48. The van der Waals surface area contributed by atoms with E-state index in [-0.39, 0.29) is 15.5 Å². The van der Waals surface area contributed by atoms with Crippen molar-refractivity contribution in [3.05, 3.63) is 53.3 Å². The predicted octanol–water partition coefficient (Wildman–Crippen LogP) is 3.65. The number of sulfonamides is 1. The standard InChI is InChI=1S/C19H22ClN3O3S/c1-13-9-14(2)12-23(11-13)27(25,26)16-3-4-18(20)17(10-16)19(24)22-15-5-7-21-8-6-15/h3-8,10,13-14H,9,11-12H2,1-2H3,(H,21,22,24). The first-order chi connectivity index (χ1) is 12.8. The second-order valence-corrected chi connectivity index (χ2v) is 9.44. The molecule has 2 atom stereocenters. The van der Waals surface area contributed by atoms with E-state index in [1.165, 1.54) is 22.5 Å². The highest BCUT2D eigenvalue weighted by atomic mass is 35.5. The topological polar surface area (TPSA) is 79.4 Å². The summed E-state index contributed by atoms with van der Waals surface area (Å²) < 4.78 is 27.6. The van der Waals surface area contributed by atoms with Crippen LogP contribution in [-0.4, -0.2) is 36.7 Å². The predicted molar refractivity (Wildman–Crippen MR) is 105 cm³/mol. The van der Waals surface area contributed by atoms with E-state index in [9.17, 15) is 13.2 Å². The molecule has 0 bridgehead atoms. The van der Waals surface area contributed by atoms with Crippen molar-refractivity contribution in [2.24, 2.45) is 11.8 Å². The number of halogens is 1. The largest absolute Gasteiger partial charge is 0.322 e. The van der Waals surface area contributed by atoms with Crippen LogP contribution >= 0.6 is 11.6 Å². The highest BCUT2D eigenvalue weighted by Crippen LogP contribution is 2.29. The van der Waals surface area contributed by atoms with Crippen LogP contribution in [-0.2, 0) is 10.0 Å². The fourth-order valence-corrected chi connectivity index (χ4v) is 5.33. The Hall–Kier alpha value is -1.96. The summed E-state index contributed by atoms with van der Waals surface area (Å²) in [7, 11) is -3.69. The molecule has 27 heavy (non-hydrogen) atoms. The van der Waals surface area contributed by atoms with Crippen molar-refractivity contribution >= 4 is 33.2 Å². The highest BCUT2D eigenvalue weighted by molar-refractivity contribution is 7.89. The van der Waals surface area contributed by atoms with E-state index in [1.54, 1.807) is 24.5 Å². The summed E-state index contributed by atoms with van der Waals surface area (Å²) >= 11 is 6.16. The van der Waals surface area contributed by atoms with Gasteiger partial charge in [-0.2, -0.15) is 4.31 Å². The molecule has 2 unspecified atom stereocenters. The van der Waals surface area contributed by atoms with Gasteiger partial charge in [-0.25, -0.2) is 8.42 Å². The first-order valence-electron chi connectivity index (χ1n) is 8.78. The zero-order valence-corrected chi connectivity index (χ0v) is 16.8. The average molecular weight is 408 g/mol. The zero-order valence-electron chi connectivity index (χ0n) is 15.2. The molecule has 3 rings (SSSR count). The smallest absolute Gasteiger partial charge is 0.257 e. The third-order valence-corrected chi connectivity index (χ3v) is 6.75. The van der Waals surface area contributed by atoms with Crippen LogP contribution in [0.3, 0.4) is 0 Å². The van der Waals surface area contributed by atoms with Crippen molar-refractivity contribution < 1.29 is 13.2 Å². The van der Waals surface area contributed by atoms with Gasteiger partial charge < -0.3 is 5.32 Å². The fraction of sp³-hybridized carbons (Fsp3) is 0.368. The van der Waals surface area contributed by atoms with Gasteiger partial charge in [-0.3, -0.25) is 9.78 Å². The van der Waals surface area contributed by atoms with Crippen molar-refractivity contribution in [1.29, 1.82) is 0 Å². The van der Waals surface area contributed by atoms with Crippen molar-refractivity contribution in [2.45, 2.75) is 25.2 Å². The lowest BCUT2D eigenvalue weighted by Crippen LogP contribution is -2.42. The molecule has 1 aliphatic rings. The van der Waals surface area contributed by atoms with E-state index in [1.807, 2.05) is 13.8 Å². The molecule has 1 amide bonds. The second-order valence-electron chi connectivity index (χ2n) is 7.10. The Morgan fingerprint density at radius 3 is 2.41 bits per heavy atom. The maximum atomic E-state index is 13.1. The number of anilines is 1. The summed E-state index contributed by atoms with van der Waals surface area (Å²) in [5, 5.41) is 2.89. The van der Waals surface area contributed by atoms with Gasteiger partial charge in [0.15, 0.2) is 0 Å². The number of hydrogen-bond acceptors (Lipinski definition) is 4. The molecular weight excluding hydrogens is 386 g/mol. The molecular formula is C19H22ClN3O3S. The SMILES string of the molecule is CC1CC(C)CN(S(=O)(=O)c2ccc(Cl)c(C(=O)Nc3ccncc3)c2)C1. The molecule has 1 aromatic heterocycles. The van der Waals surface area contributed by atoms with Crippen LogP contribution in [0.1, 0.15) is 30.6 Å². The monoisotopic (exact) mass is 407 g/mol. The minimum absolute atomic E-state index is 0.0769. The summed E-state index contributed by atoms with van der Waals surface area (Å²) in [6, 6.07) is 7.53. The molecule has 1 saturated heterocycles. The summed E-state index contributed by atoms with van der Waals surface area (Å²) in [4.78, 5) is 16.5. The van der Waals surface area contributed by atoms with E-state index in [2.05, 4.69) is 10.3 Å². The van der Waals surface area contributed by atoms with Crippen LogP contribution in [0.4, 0.5) is 5.69 Å². The van der Waals surface area contributed by atoms with Gasteiger partial charge in [0.25, 0.3) is 5.91 Å². The Morgan fingerprint density at radius 2 is 1.78 bits per heavy atom. The summed E-state index contributed by atoms with van der Waals surface area (Å²) in [5.74, 6) is 0.124. The van der Waals surface area contributed by atoms with E-state index >= 15 is 0 Å². The molecule has 0 saturated carbocycles. The van der Waals surface area contributed by atoms with Gasteiger partial charge >= 0.3 is 0 Å². The van der Waals surface area contributed by atoms with Gasteiger partial charge in [-0.1, -0.05) is 25.4 Å². The van der Waals surface area contributed by atoms with Crippen LogP contribution in [0.25, 0.3) is 0 Å². The molecule has 144 valence electrons. The van der Waals surface area contributed by atoms with Crippen molar-refractivity contribution in [1.82, 2.24) is 9.29 Å². The van der Waals surface area contributed by atoms with Crippen molar-refractivity contribution in [3.63, 3.8) is 0 Å². The molecule has 0 aliphatic carbocycles. The van der Waals surface area contributed by atoms with Crippen molar-refractivity contribution in [3.8, 4) is 0 Å². The van der Waals surface area contributed by atoms with Crippen LogP contribution in [0.5, 0.6) is 0 Å². The van der Waals surface area contributed by atoms with Gasteiger partial charge in [0.1, 0.15) is 0 Å². The average Bonchev–Trinajstić information content (AvgIpc) is 2.62. The molecule has 1 fully saturated rings. The molecule has 2 heterocycles. The lowest BCUT2D eigenvalue weighted by Gasteiger charge is -2.34. The molecule has 8 heteroatoms. The molecule has 2 aromatic rings. The van der Waals surface area contributed by atoms with E-state index in [0.717, 1.165) is 6.42 Å². The van der Waals surface area contributed by atoms with Crippen molar-refractivity contribution in [2.75, 3.05) is 18.4 Å². The molecule has 1 aliphatic heterocycles. The maximum absolute atomic E-state index is 13.1. The summed E-state index contributed by atoms with van der Waals surface area (Å²) in [6.07, 6.45) is 4.11. The number of aromatic nitrogens is 1. The fourth-order valence-electron chi connectivity index (χ4n) is 3.42. The van der Waals surface area contributed by atoms with Gasteiger partial charge in [0.2, 0.25) is 10.0 Å². The van der Waals surface area contributed by atoms with Gasteiger partial charge in [-0.05, 0) is 48.6 Å². The number of nitrogens with one attached hydrogen (secondary N) is 1. The normalized spacial score (nSPS) is 21.0. The quantitative estimate of drug-likeness (QED) is 0.838. The Labute approximate surface area is 164 Å². The molecule has 6 nitrogen and oxygen atoms in total. The first kappa shape index (κ1) is 19.8.